The van der Waals surface area contributed by atoms with Crippen LogP contribution in [0.3, 0.4) is 0 Å². The van der Waals surface area contributed by atoms with Crippen molar-refractivity contribution in [1.82, 2.24) is 10.2 Å². The van der Waals surface area contributed by atoms with Crippen molar-refractivity contribution in [2.75, 3.05) is 26.7 Å². The Kier molecular flexibility index (Phi) is 6.80. The average Bonchev–Trinajstić information content (AvgIpc) is 2.90. The van der Waals surface area contributed by atoms with E-state index in [2.05, 4.69) is 24.2 Å². The minimum absolute atomic E-state index is 0.131. The molecule has 4 heteroatoms. The second kappa shape index (κ2) is 7.85. The van der Waals surface area contributed by atoms with Crippen LogP contribution in [-0.2, 0) is 9.53 Å². The highest BCUT2D eigenvalue weighted by Crippen LogP contribution is 2.24. The van der Waals surface area contributed by atoms with Crippen LogP contribution in [-0.4, -0.2) is 49.2 Å². The Morgan fingerprint density at radius 3 is 2.53 bits per heavy atom. The van der Waals surface area contributed by atoms with Crippen molar-refractivity contribution in [1.29, 1.82) is 0 Å². The molecule has 1 saturated carbocycles. The molecule has 0 saturated heterocycles. The van der Waals surface area contributed by atoms with Gasteiger partial charge >= 0.3 is 5.97 Å². The zero-order chi connectivity index (χ0) is 14.3. The van der Waals surface area contributed by atoms with E-state index in [1.165, 1.54) is 25.7 Å². The summed E-state index contributed by atoms with van der Waals surface area (Å²) < 4.78 is 5.24. The number of rotatable bonds is 8. The summed E-state index contributed by atoms with van der Waals surface area (Å²) in [6.45, 7) is 7.93. The molecule has 1 aliphatic rings. The van der Waals surface area contributed by atoms with Crippen LogP contribution in [0.1, 0.15) is 52.9 Å². The normalized spacial score (nSPS) is 19.6. The Balaban J connectivity index is 2.63. The maximum absolute atomic E-state index is 12.2. The number of carbonyl (C=O) groups excluding carboxylic acids is 1. The zero-order valence-corrected chi connectivity index (χ0v) is 13.0. The molecule has 0 aliphatic heterocycles. The lowest BCUT2D eigenvalue weighted by Gasteiger charge is -2.35. The molecule has 0 amide bonds. The lowest BCUT2D eigenvalue weighted by Crippen LogP contribution is -2.58. The average molecular weight is 270 g/mol. The van der Waals surface area contributed by atoms with Crippen LogP contribution in [0.25, 0.3) is 0 Å². The number of likely N-dealkylation sites (N-methyl/N-ethyl adjacent to an activating group) is 1. The summed E-state index contributed by atoms with van der Waals surface area (Å²) in [6.07, 6.45) is 6.15. The van der Waals surface area contributed by atoms with E-state index >= 15 is 0 Å². The Morgan fingerprint density at radius 2 is 2.00 bits per heavy atom. The largest absolute Gasteiger partial charge is 0.465 e. The second-order valence-corrected chi connectivity index (χ2v) is 5.83. The van der Waals surface area contributed by atoms with Crippen LogP contribution in [0.4, 0.5) is 0 Å². The number of nitrogens with zero attached hydrogens (tertiary/aromatic N) is 1. The van der Waals surface area contributed by atoms with Crippen molar-refractivity contribution in [3.8, 4) is 0 Å². The molecule has 1 atom stereocenters. The Bertz CT molecular complexity index is 277. The highest BCUT2D eigenvalue weighted by molar-refractivity contribution is 5.80. The van der Waals surface area contributed by atoms with E-state index in [-0.39, 0.29) is 5.97 Å². The van der Waals surface area contributed by atoms with E-state index < -0.39 is 5.54 Å². The molecule has 0 heterocycles. The first-order chi connectivity index (χ1) is 9.03. The third-order valence-corrected chi connectivity index (χ3v) is 4.00. The van der Waals surface area contributed by atoms with Crippen LogP contribution in [0, 0.1) is 0 Å². The van der Waals surface area contributed by atoms with Crippen molar-refractivity contribution in [2.24, 2.45) is 0 Å². The third kappa shape index (κ3) is 4.77. The first-order valence-electron chi connectivity index (χ1n) is 7.66. The van der Waals surface area contributed by atoms with Gasteiger partial charge in [0.25, 0.3) is 0 Å². The number of carbonyl (C=O) groups is 1. The van der Waals surface area contributed by atoms with Gasteiger partial charge in [0.1, 0.15) is 5.54 Å². The van der Waals surface area contributed by atoms with Crippen LogP contribution in [0.5, 0.6) is 0 Å². The van der Waals surface area contributed by atoms with Gasteiger partial charge in [-0.05, 0) is 46.7 Å². The first kappa shape index (κ1) is 16.4. The van der Waals surface area contributed by atoms with E-state index in [9.17, 15) is 4.79 Å². The van der Waals surface area contributed by atoms with Gasteiger partial charge in [0.2, 0.25) is 0 Å². The molecule has 0 aromatic heterocycles. The summed E-state index contributed by atoms with van der Waals surface area (Å²) in [6, 6.07) is 0.622. The predicted octanol–water partition coefficient (Wildman–Crippen LogP) is 2.18. The van der Waals surface area contributed by atoms with Crippen molar-refractivity contribution >= 4 is 5.97 Å². The molecule has 112 valence electrons. The topological polar surface area (TPSA) is 41.6 Å². The maximum atomic E-state index is 12.2. The van der Waals surface area contributed by atoms with Gasteiger partial charge in [-0.2, -0.15) is 0 Å². The van der Waals surface area contributed by atoms with Gasteiger partial charge in [-0.1, -0.05) is 19.8 Å². The summed E-state index contributed by atoms with van der Waals surface area (Å²) in [4.78, 5) is 14.5. The molecule has 1 N–H and O–H groups in total. The van der Waals surface area contributed by atoms with E-state index in [0.717, 1.165) is 19.5 Å². The number of hydrogen-bond acceptors (Lipinski definition) is 4. The van der Waals surface area contributed by atoms with Gasteiger partial charge in [0, 0.05) is 12.6 Å². The van der Waals surface area contributed by atoms with Crippen molar-refractivity contribution in [2.45, 2.75) is 64.5 Å². The minimum Gasteiger partial charge on any atom is -0.465 e. The molecule has 19 heavy (non-hydrogen) atoms. The smallest absolute Gasteiger partial charge is 0.327 e. The molecule has 1 aliphatic carbocycles. The van der Waals surface area contributed by atoms with E-state index in [4.69, 9.17) is 4.74 Å². The number of esters is 1. The minimum atomic E-state index is -0.594. The van der Waals surface area contributed by atoms with Crippen molar-refractivity contribution < 1.29 is 9.53 Å². The van der Waals surface area contributed by atoms with Gasteiger partial charge in [-0.25, -0.2) is 0 Å². The van der Waals surface area contributed by atoms with E-state index in [1.807, 2.05) is 13.8 Å². The molecule has 1 unspecified atom stereocenters. The second-order valence-electron chi connectivity index (χ2n) is 5.83. The summed E-state index contributed by atoms with van der Waals surface area (Å²) in [7, 11) is 2.13. The molecule has 0 radical (unpaired) electrons. The highest BCUT2D eigenvalue weighted by atomic mass is 16.5. The summed E-state index contributed by atoms with van der Waals surface area (Å²) >= 11 is 0. The quantitative estimate of drug-likeness (QED) is 0.686. The molecule has 4 nitrogen and oxygen atoms in total. The van der Waals surface area contributed by atoms with Crippen LogP contribution in [0.15, 0.2) is 0 Å². The van der Waals surface area contributed by atoms with Gasteiger partial charge < -0.3 is 15.0 Å². The number of nitrogens with one attached hydrogen (secondary N) is 1. The summed E-state index contributed by atoms with van der Waals surface area (Å²) in [5.74, 6) is -0.131. The summed E-state index contributed by atoms with van der Waals surface area (Å²) in [5.41, 5.74) is -0.594. The van der Waals surface area contributed by atoms with Crippen molar-refractivity contribution in [3.05, 3.63) is 0 Å². The molecule has 0 aromatic rings. The molecular weight excluding hydrogens is 240 g/mol. The van der Waals surface area contributed by atoms with E-state index in [1.54, 1.807) is 0 Å². The molecule has 0 spiro atoms. The van der Waals surface area contributed by atoms with Crippen LogP contribution >= 0.6 is 0 Å². The summed E-state index contributed by atoms with van der Waals surface area (Å²) in [5, 5.41) is 3.37. The first-order valence-corrected chi connectivity index (χ1v) is 7.66. The highest BCUT2D eigenvalue weighted by Gasteiger charge is 2.37. The van der Waals surface area contributed by atoms with Gasteiger partial charge in [0.05, 0.1) is 6.61 Å². The molecular formula is C15H30N2O2. The van der Waals surface area contributed by atoms with Gasteiger partial charge in [0.15, 0.2) is 0 Å². The Hall–Kier alpha value is -0.610. The van der Waals surface area contributed by atoms with E-state index in [0.29, 0.717) is 12.6 Å². The number of ether oxygens (including phenoxy) is 1. The maximum Gasteiger partial charge on any atom is 0.327 e. The lowest BCUT2D eigenvalue weighted by molar-refractivity contribution is -0.151. The zero-order valence-electron chi connectivity index (χ0n) is 13.0. The Labute approximate surface area is 117 Å². The molecule has 0 aromatic carbocycles. The third-order valence-electron chi connectivity index (χ3n) is 4.00. The Morgan fingerprint density at radius 1 is 1.37 bits per heavy atom. The SMILES string of the molecule is CCCNC(C)(CN(C)C1CCCC1)C(=O)OCC. The van der Waals surface area contributed by atoms with Crippen molar-refractivity contribution in [3.63, 3.8) is 0 Å². The van der Waals surface area contributed by atoms with Gasteiger partial charge in [-0.3, -0.25) is 4.79 Å². The molecule has 1 fully saturated rings. The molecule has 0 bridgehead atoms. The standard InChI is InChI=1S/C15H30N2O2/c1-5-11-16-15(3,14(18)19-6-2)12-17(4)13-9-7-8-10-13/h13,16H,5-12H2,1-4H3. The monoisotopic (exact) mass is 270 g/mol. The fourth-order valence-corrected chi connectivity index (χ4v) is 2.86. The fourth-order valence-electron chi connectivity index (χ4n) is 2.86. The fraction of sp³-hybridized carbons (Fsp3) is 0.933. The van der Waals surface area contributed by atoms with Crippen LogP contribution < -0.4 is 5.32 Å². The predicted molar refractivity (Wildman–Crippen MR) is 78.2 cm³/mol. The van der Waals surface area contributed by atoms with Gasteiger partial charge in [-0.15, -0.1) is 0 Å². The molecule has 1 rings (SSSR count). The lowest BCUT2D eigenvalue weighted by atomic mass is 10.0. The van der Waals surface area contributed by atoms with Crippen LogP contribution in [0.2, 0.25) is 0 Å². The number of hydrogen-bond donors (Lipinski definition) is 1.